The Bertz CT molecular complexity index is 617. The van der Waals surface area contributed by atoms with Crippen molar-refractivity contribution in [3.8, 4) is 11.6 Å². The predicted molar refractivity (Wildman–Crippen MR) is 71.9 cm³/mol. The quantitative estimate of drug-likeness (QED) is 0.669. The Balaban J connectivity index is 2.25. The number of ether oxygens (including phenoxy) is 1. The van der Waals surface area contributed by atoms with Crippen LogP contribution in [0.2, 0.25) is 5.15 Å². The number of amides is 1. The number of methoxy groups -OCH3 is 1. The average Bonchev–Trinajstić information content (AvgIpc) is 2.40. The summed E-state index contributed by atoms with van der Waals surface area (Å²) >= 11 is 5.79. The maximum atomic E-state index is 12.0. The molecule has 1 heterocycles. The third-order valence-electron chi connectivity index (χ3n) is 2.39. The van der Waals surface area contributed by atoms with Crippen molar-refractivity contribution in [3.05, 3.63) is 47.1 Å². The van der Waals surface area contributed by atoms with Crippen LogP contribution >= 0.6 is 11.6 Å². The van der Waals surface area contributed by atoms with E-state index in [-0.39, 0.29) is 16.8 Å². The number of phenols is 1. The van der Waals surface area contributed by atoms with E-state index in [1.165, 1.54) is 25.3 Å². The largest absolute Gasteiger partial charge is 0.506 e. The van der Waals surface area contributed by atoms with E-state index in [0.717, 1.165) is 0 Å². The molecule has 6 heteroatoms. The van der Waals surface area contributed by atoms with Crippen LogP contribution in [-0.4, -0.2) is 23.1 Å². The Labute approximate surface area is 114 Å². The second kappa shape index (κ2) is 5.58. The van der Waals surface area contributed by atoms with Crippen LogP contribution in [0.25, 0.3) is 0 Å². The van der Waals surface area contributed by atoms with E-state index in [2.05, 4.69) is 10.3 Å². The first-order chi connectivity index (χ1) is 9.10. The highest BCUT2D eigenvalue weighted by Gasteiger charge is 2.11. The van der Waals surface area contributed by atoms with Gasteiger partial charge in [-0.25, -0.2) is 4.98 Å². The highest BCUT2D eigenvalue weighted by molar-refractivity contribution is 6.30. The first kappa shape index (κ1) is 13.2. The number of pyridine rings is 1. The minimum atomic E-state index is -0.413. The summed E-state index contributed by atoms with van der Waals surface area (Å²) < 4.78 is 4.93. The summed E-state index contributed by atoms with van der Waals surface area (Å²) in [6.07, 6.45) is 0. The van der Waals surface area contributed by atoms with Crippen molar-refractivity contribution in [3.63, 3.8) is 0 Å². The van der Waals surface area contributed by atoms with Crippen molar-refractivity contribution in [1.82, 2.24) is 4.98 Å². The fourth-order valence-corrected chi connectivity index (χ4v) is 1.68. The van der Waals surface area contributed by atoms with Crippen LogP contribution in [-0.2, 0) is 0 Å². The molecule has 1 aromatic carbocycles. The Morgan fingerprint density at radius 3 is 2.79 bits per heavy atom. The van der Waals surface area contributed by atoms with E-state index in [4.69, 9.17) is 16.3 Å². The van der Waals surface area contributed by atoms with Crippen molar-refractivity contribution in [1.29, 1.82) is 0 Å². The van der Waals surface area contributed by atoms with Gasteiger partial charge in [-0.2, -0.15) is 0 Å². The van der Waals surface area contributed by atoms with Gasteiger partial charge in [0, 0.05) is 11.6 Å². The second-order valence-corrected chi connectivity index (χ2v) is 4.08. The second-order valence-electron chi connectivity index (χ2n) is 3.69. The molecule has 1 amide bonds. The van der Waals surface area contributed by atoms with Gasteiger partial charge >= 0.3 is 0 Å². The number of rotatable bonds is 3. The molecule has 0 aliphatic rings. The zero-order valence-electron chi connectivity index (χ0n) is 10.1. The summed E-state index contributed by atoms with van der Waals surface area (Å²) in [6, 6.07) is 9.32. The zero-order chi connectivity index (χ0) is 13.8. The lowest BCUT2D eigenvalue weighted by Gasteiger charge is -2.08. The lowest BCUT2D eigenvalue weighted by molar-refractivity contribution is 0.102. The number of carbonyl (C=O) groups is 1. The van der Waals surface area contributed by atoms with Crippen LogP contribution in [0.15, 0.2) is 36.4 Å². The summed E-state index contributed by atoms with van der Waals surface area (Å²) in [6.45, 7) is 0. The van der Waals surface area contributed by atoms with E-state index < -0.39 is 5.91 Å². The Morgan fingerprint density at radius 2 is 2.11 bits per heavy atom. The first-order valence-electron chi connectivity index (χ1n) is 5.41. The topological polar surface area (TPSA) is 71.5 Å². The number of para-hydroxylation sites is 2. The molecule has 0 saturated carbocycles. The molecule has 0 radical (unpaired) electrons. The summed E-state index contributed by atoms with van der Waals surface area (Å²) in [4.78, 5) is 15.9. The number of hydrogen-bond donors (Lipinski definition) is 2. The summed E-state index contributed by atoms with van der Waals surface area (Å²) in [5, 5.41) is 12.3. The molecule has 0 unspecified atom stereocenters. The minimum Gasteiger partial charge on any atom is -0.506 e. The molecule has 2 N–H and O–H groups in total. The molecule has 0 spiro atoms. The zero-order valence-corrected chi connectivity index (χ0v) is 10.8. The van der Waals surface area contributed by atoms with Crippen LogP contribution in [0.5, 0.6) is 11.6 Å². The molecule has 5 nitrogen and oxygen atoms in total. The van der Waals surface area contributed by atoms with Gasteiger partial charge in [0.2, 0.25) is 5.88 Å². The Hall–Kier alpha value is -2.27. The molecule has 0 bridgehead atoms. The van der Waals surface area contributed by atoms with Crippen LogP contribution in [0.3, 0.4) is 0 Å². The maximum Gasteiger partial charge on any atom is 0.256 e. The number of aromatic nitrogens is 1. The van der Waals surface area contributed by atoms with Crippen LogP contribution in [0.4, 0.5) is 5.69 Å². The third-order valence-corrected chi connectivity index (χ3v) is 2.59. The lowest BCUT2D eigenvalue weighted by atomic mass is 10.2. The van der Waals surface area contributed by atoms with Gasteiger partial charge in [0.25, 0.3) is 5.91 Å². The number of hydrogen-bond acceptors (Lipinski definition) is 4. The van der Waals surface area contributed by atoms with Crippen molar-refractivity contribution in [2.75, 3.05) is 12.4 Å². The number of carbonyl (C=O) groups excluding carboxylic acids is 1. The van der Waals surface area contributed by atoms with Gasteiger partial charge in [-0.1, -0.05) is 23.7 Å². The standard InChI is InChI=1S/C13H11ClN2O3/c1-19-12-7-8(6-11(14)16-12)13(18)15-9-4-2-3-5-10(9)17/h2-7,17H,1H3,(H,15,18). The van der Waals surface area contributed by atoms with Gasteiger partial charge in [-0.05, 0) is 18.2 Å². The molecule has 0 saturated heterocycles. The van der Waals surface area contributed by atoms with E-state index in [9.17, 15) is 9.90 Å². The molecule has 98 valence electrons. The molecule has 1 aromatic heterocycles. The highest BCUT2D eigenvalue weighted by Crippen LogP contribution is 2.23. The highest BCUT2D eigenvalue weighted by atomic mass is 35.5. The molecular formula is C13H11ClN2O3. The third kappa shape index (κ3) is 3.14. The fraction of sp³-hybridized carbons (Fsp3) is 0.0769. The van der Waals surface area contributed by atoms with Gasteiger partial charge in [-0.3, -0.25) is 4.79 Å². The van der Waals surface area contributed by atoms with Gasteiger partial charge in [0.05, 0.1) is 12.8 Å². The number of benzene rings is 1. The van der Waals surface area contributed by atoms with Crippen LogP contribution in [0, 0.1) is 0 Å². The molecule has 2 rings (SSSR count). The average molecular weight is 279 g/mol. The summed E-state index contributed by atoms with van der Waals surface area (Å²) in [5.41, 5.74) is 0.611. The number of nitrogens with one attached hydrogen (secondary N) is 1. The Kier molecular flexibility index (Phi) is 3.87. The first-order valence-corrected chi connectivity index (χ1v) is 5.79. The number of anilines is 1. The van der Waals surface area contributed by atoms with Crippen LogP contribution < -0.4 is 10.1 Å². The molecule has 0 fully saturated rings. The van der Waals surface area contributed by atoms with E-state index in [1.54, 1.807) is 18.2 Å². The Morgan fingerprint density at radius 1 is 1.37 bits per heavy atom. The van der Waals surface area contributed by atoms with Crippen LogP contribution in [0.1, 0.15) is 10.4 Å². The fourth-order valence-electron chi connectivity index (χ4n) is 1.48. The molecule has 0 aliphatic heterocycles. The van der Waals surface area contributed by atoms with Gasteiger partial charge in [0.15, 0.2) is 0 Å². The van der Waals surface area contributed by atoms with E-state index in [0.29, 0.717) is 11.3 Å². The SMILES string of the molecule is COc1cc(C(=O)Nc2ccccc2O)cc(Cl)n1. The molecule has 0 aliphatic carbocycles. The van der Waals surface area contributed by atoms with Crippen molar-refractivity contribution in [2.45, 2.75) is 0 Å². The van der Waals surface area contributed by atoms with E-state index >= 15 is 0 Å². The van der Waals surface area contributed by atoms with Gasteiger partial charge in [-0.15, -0.1) is 0 Å². The molecule has 19 heavy (non-hydrogen) atoms. The predicted octanol–water partition coefficient (Wildman–Crippen LogP) is 2.70. The van der Waals surface area contributed by atoms with E-state index in [1.807, 2.05) is 0 Å². The monoisotopic (exact) mass is 278 g/mol. The van der Waals surface area contributed by atoms with Crippen molar-refractivity contribution in [2.24, 2.45) is 0 Å². The van der Waals surface area contributed by atoms with Gasteiger partial charge in [0.1, 0.15) is 10.9 Å². The normalized spacial score (nSPS) is 10.0. The summed E-state index contributed by atoms with van der Waals surface area (Å²) in [7, 11) is 1.43. The van der Waals surface area contributed by atoms with Crippen molar-refractivity contribution < 1.29 is 14.6 Å². The van der Waals surface area contributed by atoms with Gasteiger partial charge < -0.3 is 15.2 Å². The number of phenolic OH excluding ortho intramolecular Hbond substituents is 1. The maximum absolute atomic E-state index is 12.0. The van der Waals surface area contributed by atoms with Crippen molar-refractivity contribution >= 4 is 23.2 Å². The smallest absolute Gasteiger partial charge is 0.256 e. The lowest BCUT2D eigenvalue weighted by Crippen LogP contribution is -2.12. The number of halogens is 1. The minimum absolute atomic E-state index is 0.0111. The summed E-state index contributed by atoms with van der Waals surface area (Å²) in [5.74, 6) is -0.179. The number of nitrogens with zero attached hydrogens (tertiary/aromatic N) is 1. The molecular weight excluding hydrogens is 268 g/mol. The molecule has 2 aromatic rings. The molecule has 0 atom stereocenters. The number of aromatic hydroxyl groups is 1.